The van der Waals surface area contributed by atoms with Crippen LogP contribution in [-0.4, -0.2) is 17.3 Å². The monoisotopic (exact) mass is 132 g/mol. The number of hydrogen-bond acceptors (Lipinski definition) is 3. The van der Waals surface area contributed by atoms with Crippen LogP contribution < -0.4 is 5.73 Å². The third-order valence-corrected chi connectivity index (χ3v) is 0.878. The third kappa shape index (κ3) is 0.933. The van der Waals surface area contributed by atoms with Gasteiger partial charge in [0, 0.05) is 0 Å². The molecule has 1 aliphatic heterocycles. The molecule has 4 nitrogen and oxygen atoms in total. The zero-order chi connectivity index (χ0) is 6.85. The van der Waals surface area contributed by atoms with E-state index in [-0.39, 0.29) is 5.12 Å². The van der Waals surface area contributed by atoms with Crippen molar-refractivity contribution in [2.45, 2.75) is 6.23 Å². The van der Waals surface area contributed by atoms with E-state index in [1.165, 1.54) is 0 Å². The molecule has 1 heterocycles. The first kappa shape index (κ1) is 5.87. The Kier molecular flexibility index (Phi) is 1.26. The first-order valence-electron chi connectivity index (χ1n) is 2.27. The van der Waals surface area contributed by atoms with Gasteiger partial charge in [0.25, 0.3) is 12.1 Å². The summed E-state index contributed by atoms with van der Waals surface area (Å²) in [7, 11) is 0. The number of ether oxygens (including phenoxy) is 1. The lowest BCUT2D eigenvalue weighted by molar-refractivity contribution is -0.142. The molecule has 0 saturated carbocycles. The molecular weight excluding hydrogens is 127 g/mol. The molecule has 0 bridgehead atoms. The Hall–Kier alpha value is -1.26. The van der Waals surface area contributed by atoms with E-state index < -0.39 is 12.1 Å². The minimum atomic E-state index is -1.27. The Bertz CT molecular complexity index is 159. The van der Waals surface area contributed by atoms with Gasteiger partial charge in [-0.15, -0.1) is 0 Å². The second kappa shape index (κ2) is 1.93. The van der Waals surface area contributed by atoms with Crippen LogP contribution in [0.2, 0.25) is 0 Å². The number of halogens is 1. The van der Waals surface area contributed by atoms with Crippen molar-refractivity contribution in [2.75, 3.05) is 0 Å². The van der Waals surface area contributed by atoms with Gasteiger partial charge in [0.2, 0.25) is 0 Å². The highest BCUT2D eigenvalue weighted by Gasteiger charge is 2.25. The van der Waals surface area contributed by atoms with Crippen molar-refractivity contribution in [1.82, 2.24) is 5.12 Å². The molecule has 50 valence electrons. The first-order chi connectivity index (χ1) is 4.22. The second-order valence-corrected chi connectivity index (χ2v) is 1.52. The average molecular weight is 132 g/mol. The van der Waals surface area contributed by atoms with Gasteiger partial charge in [-0.1, -0.05) is 4.48 Å². The third-order valence-electron chi connectivity index (χ3n) is 0.878. The maximum Gasteiger partial charge on any atom is 0.282 e. The van der Waals surface area contributed by atoms with Gasteiger partial charge in [0.15, 0.2) is 0 Å². The molecule has 1 amide bonds. The zero-order valence-electron chi connectivity index (χ0n) is 4.45. The van der Waals surface area contributed by atoms with Gasteiger partial charge in [0.05, 0.1) is 6.20 Å². The Morgan fingerprint density at radius 2 is 2.56 bits per heavy atom. The van der Waals surface area contributed by atoms with Gasteiger partial charge in [-0.3, -0.25) is 4.79 Å². The minimum Gasteiger partial charge on any atom is -0.465 e. The summed E-state index contributed by atoms with van der Waals surface area (Å²) in [5.74, 6) is -0.845. The molecule has 0 aromatic heterocycles. The fraction of sp³-hybridized carbons (Fsp3) is 0.250. The molecule has 0 radical (unpaired) electrons. The van der Waals surface area contributed by atoms with Gasteiger partial charge in [-0.05, 0) is 0 Å². The maximum atomic E-state index is 12.2. The van der Waals surface area contributed by atoms with Crippen LogP contribution in [0.5, 0.6) is 0 Å². The van der Waals surface area contributed by atoms with Gasteiger partial charge in [0.1, 0.15) is 6.26 Å². The van der Waals surface area contributed by atoms with Gasteiger partial charge in [-0.2, -0.15) is 5.12 Å². The van der Waals surface area contributed by atoms with Crippen molar-refractivity contribution in [3.05, 3.63) is 12.5 Å². The van der Waals surface area contributed by atoms with E-state index in [0.29, 0.717) is 0 Å². The highest BCUT2D eigenvalue weighted by atomic mass is 19.2. The van der Waals surface area contributed by atoms with E-state index in [4.69, 9.17) is 5.73 Å². The molecule has 2 N–H and O–H groups in total. The predicted molar refractivity (Wildman–Crippen MR) is 26.2 cm³/mol. The molecular formula is C4H5FN2O2. The Morgan fingerprint density at radius 1 is 1.89 bits per heavy atom. The van der Waals surface area contributed by atoms with Crippen LogP contribution in [0.4, 0.5) is 4.48 Å². The van der Waals surface area contributed by atoms with Crippen LogP contribution in [0.15, 0.2) is 12.5 Å². The Morgan fingerprint density at radius 3 is 2.78 bits per heavy atom. The van der Waals surface area contributed by atoms with E-state index in [9.17, 15) is 9.28 Å². The predicted octanol–water partition coefficient (Wildman–Crippen LogP) is -0.514. The number of rotatable bonds is 1. The number of nitrogens with two attached hydrogens (primary N) is 1. The number of carbonyl (C=O) groups excluding carboxylic acids is 1. The summed E-state index contributed by atoms with van der Waals surface area (Å²) in [4.78, 5) is 10.2. The number of hydrogen-bond donors (Lipinski definition) is 1. The smallest absolute Gasteiger partial charge is 0.282 e. The lowest BCUT2D eigenvalue weighted by Crippen LogP contribution is -2.36. The van der Waals surface area contributed by atoms with E-state index in [0.717, 1.165) is 12.5 Å². The zero-order valence-corrected chi connectivity index (χ0v) is 4.45. The standard InChI is InChI=1S/C4H5FN2O2/c5-7-1-2-9-4(7)3(6)8/h1-2,4H,(H2,6,8). The van der Waals surface area contributed by atoms with Gasteiger partial charge in [-0.25, -0.2) is 0 Å². The van der Waals surface area contributed by atoms with Crippen LogP contribution in [0.1, 0.15) is 0 Å². The van der Waals surface area contributed by atoms with Crippen LogP contribution in [0.25, 0.3) is 0 Å². The molecule has 1 rings (SSSR count). The molecule has 0 saturated heterocycles. The highest BCUT2D eigenvalue weighted by Crippen LogP contribution is 2.09. The molecule has 5 heteroatoms. The minimum absolute atomic E-state index is 0.0995. The number of primary amides is 1. The quantitative estimate of drug-likeness (QED) is 0.488. The van der Waals surface area contributed by atoms with Crippen molar-refractivity contribution < 1.29 is 14.0 Å². The second-order valence-electron chi connectivity index (χ2n) is 1.52. The molecule has 0 aromatic rings. The van der Waals surface area contributed by atoms with E-state index in [2.05, 4.69) is 4.74 Å². The number of carbonyl (C=O) groups is 1. The fourth-order valence-corrected chi connectivity index (χ4v) is 0.493. The summed E-state index contributed by atoms with van der Waals surface area (Å²) in [5.41, 5.74) is 4.70. The summed E-state index contributed by atoms with van der Waals surface area (Å²) >= 11 is 0. The average Bonchev–Trinajstić information content (AvgIpc) is 2.13. The van der Waals surface area contributed by atoms with E-state index >= 15 is 0 Å². The fourth-order valence-electron chi connectivity index (χ4n) is 0.493. The summed E-state index contributed by atoms with van der Waals surface area (Å²) in [6, 6.07) is 0. The topological polar surface area (TPSA) is 55.6 Å². The lowest BCUT2D eigenvalue weighted by atomic mass is 10.5. The SMILES string of the molecule is NC(=O)C1OC=CN1F. The number of amides is 1. The van der Waals surface area contributed by atoms with E-state index in [1.54, 1.807) is 0 Å². The first-order valence-corrected chi connectivity index (χ1v) is 2.27. The van der Waals surface area contributed by atoms with Crippen LogP contribution in [0, 0.1) is 0 Å². The normalized spacial score (nSPS) is 24.1. The molecule has 1 unspecified atom stereocenters. The van der Waals surface area contributed by atoms with Crippen molar-refractivity contribution in [3.8, 4) is 0 Å². The van der Waals surface area contributed by atoms with Crippen molar-refractivity contribution >= 4 is 5.91 Å². The van der Waals surface area contributed by atoms with Gasteiger partial charge < -0.3 is 10.5 Å². The lowest BCUT2D eigenvalue weighted by Gasteiger charge is -2.09. The molecule has 0 spiro atoms. The van der Waals surface area contributed by atoms with Crippen LogP contribution in [0.3, 0.4) is 0 Å². The number of nitrogens with zero attached hydrogens (tertiary/aromatic N) is 1. The summed E-state index contributed by atoms with van der Waals surface area (Å²) < 4.78 is 16.6. The molecule has 9 heavy (non-hydrogen) atoms. The molecule has 1 aliphatic rings. The highest BCUT2D eigenvalue weighted by molar-refractivity contribution is 5.78. The summed E-state index contributed by atoms with van der Waals surface area (Å²) in [5, 5.41) is 0.0995. The Balaban J connectivity index is 2.55. The van der Waals surface area contributed by atoms with Crippen LogP contribution in [-0.2, 0) is 9.53 Å². The Labute approximate surface area is 50.6 Å². The maximum absolute atomic E-state index is 12.2. The van der Waals surface area contributed by atoms with Crippen molar-refractivity contribution in [3.63, 3.8) is 0 Å². The van der Waals surface area contributed by atoms with Gasteiger partial charge >= 0.3 is 0 Å². The van der Waals surface area contributed by atoms with Crippen molar-refractivity contribution in [1.29, 1.82) is 0 Å². The molecule has 1 atom stereocenters. The molecule has 0 fully saturated rings. The van der Waals surface area contributed by atoms with E-state index in [1.807, 2.05) is 0 Å². The largest absolute Gasteiger partial charge is 0.465 e. The summed E-state index contributed by atoms with van der Waals surface area (Å²) in [6.45, 7) is 0. The summed E-state index contributed by atoms with van der Waals surface area (Å²) in [6.07, 6.45) is 0.773. The molecule has 0 aliphatic carbocycles. The van der Waals surface area contributed by atoms with Crippen LogP contribution >= 0.6 is 0 Å². The van der Waals surface area contributed by atoms with Crippen molar-refractivity contribution in [2.24, 2.45) is 5.73 Å². The molecule has 0 aromatic carbocycles.